The summed E-state index contributed by atoms with van der Waals surface area (Å²) in [6, 6.07) is 8.85. The molecule has 3 heteroatoms. The monoisotopic (exact) mass is 221 g/mol. The highest BCUT2D eigenvalue weighted by molar-refractivity contribution is 5.27. The predicted molar refractivity (Wildman–Crippen MR) is 69.0 cm³/mol. The van der Waals surface area contributed by atoms with E-state index in [9.17, 15) is 0 Å². The lowest BCUT2D eigenvalue weighted by atomic mass is 9.86. The summed E-state index contributed by atoms with van der Waals surface area (Å²) >= 11 is 0. The third-order valence-corrected chi connectivity index (χ3v) is 2.64. The van der Waals surface area contributed by atoms with Crippen LogP contribution in [0.4, 0.5) is 0 Å². The van der Waals surface area contributed by atoms with Crippen molar-refractivity contribution in [1.82, 2.24) is 10.7 Å². The molecule has 0 atom stereocenters. The molecule has 0 fully saturated rings. The molecule has 0 aromatic heterocycles. The summed E-state index contributed by atoms with van der Waals surface area (Å²) in [5.41, 5.74) is 5.55. The molecular formula is C13H23N3. The first kappa shape index (κ1) is 13.2. The Morgan fingerprint density at radius 2 is 1.75 bits per heavy atom. The molecule has 0 radical (unpaired) electrons. The largest absolute Gasteiger partial charge is 0.303 e. The van der Waals surface area contributed by atoms with Gasteiger partial charge in [-0.3, -0.25) is 5.84 Å². The Morgan fingerprint density at radius 1 is 1.12 bits per heavy atom. The van der Waals surface area contributed by atoms with Crippen molar-refractivity contribution in [2.45, 2.75) is 32.6 Å². The van der Waals surface area contributed by atoms with Crippen LogP contribution in [-0.4, -0.2) is 13.2 Å². The van der Waals surface area contributed by atoms with Gasteiger partial charge in [0.15, 0.2) is 0 Å². The summed E-state index contributed by atoms with van der Waals surface area (Å²) in [6.07, 6.45) is 1.03. The van der Waals surface area contributed by atoms with Crippen LogP contribution in [-0.2, 0) is 11.8 Å². The van der Waals surface area contributed by atoms with Crippen LogP contribution in [0.2, 0.25) is 0 Å². The van der Waals surface area contributed by atoms with Gasteiger partial charge in [0.2, 0.25) is 0 Å². The van der Waals surface area contributed by atoms with Crippen LogP contribution in [0.25, 0.3) is 0 Å². The van der Waals surface area contributed by atoms with Gasteiger partial charge in [-0.05, 0) is 23.0 Å². The molecule has 0 amide bonds. The van der Waals surface area contributed by atoms with Crippen LogP contribution in [0.5, 0.6) is 0 Å². The van der Waals surface area contributed by atoms with E-state index in [1.165, 1.54) is 11.1 Å². The van der Waals surface area contributed by atoms with Crippen LogP contribution in [0, 0.1) is 0 Å². The number of hydrogen-bond donors (Lipinski definition) is 3. The van der Waals surface area contributed by atoms with Crippen molar-refractivity contribution < 1.29 is 0 Å². The molecule has 0 aliphatic heterocycles. The van der Waals surface area contributed by atoms with Gasteiger partial charge in [-0.2, -0.15) is 0 Å². The Balaban J connectivity index is 2.46. The molecule has 0 unspecified atom stereocenters. The lowest BCUT2D eigenvalue weighted by molar-refractivity contribution is 0.588. The molecule has 1 rings (SSSR count). The van der Waals surface area contributed by atoms with Crippen LogP contribution in [0.3, 0.4) is 0 Å². The Morgan fingerprint density at radius 3 is 2.25 bits per heavy atom. The average Bonchev–Trinajstić information content (AvgIpc) is 2.24. The van der Waals surface area contributed by atoms with E-state index in [0.29, 0.717) is 6.67 Å². The average molecular weight is 221 g/mol. The maximum Gasteiger partial charge on any atom is 0.0587 e. The SMILES string of the molecule is CC(C)(C)c1ccc(CCNCNN)cc1. The van der Waals surface area contributed by atoms with Crippen LogP contribution < -0.4 is 16.6 Å². The molecule has 0 saturated carbocycles. The first-order chi connectivity index (χ1) is 7.54. The Bertz CT molecular complexity index is 298. The van der Waals surface area contributed by atoms with Gasteiger partial charge in [-0.15, -0.1) is 0 Å². The van der Waals surface area contributed by atoms with E-state index < -0.39 is 0 Å². The van der Waals surface area contributed by atoms with E-state index >= 15 is 0 Å². The summed E-state index contributed by atoms with van der Waals surface area (Å²) in [5, 5.41) is 3.19. The van der Waals surface area contributed by atoms with Gasteiger partial charge in [-0.1, -0.05) is 45.0 Å². The van der Waals surface area contributed by atoms with Crippen LogP contribution >= 0.6 is 0 Å². The predicted octanol–water partition coefficient (Wildman–Crippen LogP) is 1.54. The molecule has 1 aromatic rings. The van der Waals surface area contributed by atoms with Gasteiger partial charge in [0.1, 0.15) is 0 Å². The molecule has 0 aliphatic carbocycles. The quantitative estimate of drug-likeness (QED) is 0.306. The zero-order valence-electron chi connectivity index (χ0n) is 10.5. The molecule has 0 heterocycles. The normalized spacial score (nSPS) is 11.8. The van der Waals surface area contributed by atoms with Crippen molar-refractivity contribution in [2.24, 2.45) is 5.84 Å². The number of hydrogen-bond acceptors (Lipinski definition) is 3. The highest BCUT2D eigenvalue weighted by Gasteiger charge is 2.12. The third kappa shape index (κ3) is 4.31. The summed E-state index contributed by atoms with van der Waals surface area (Å²) in [7, 11) is 0. The maximum atomic E-state index is 5.16. The second-order valence-corrected chi connectivity index (χ2v) is 5.08. The zero-order valence-corrected chi connectivity index (χ0v) is 10.5. The van der Waals surface area contributed by atoms with Gasteiger partial charge >= 0.3 is 0 Å². The molecule has 90 valence electrons. The number of rotatable bonds is 5. The highest BCUT2D eigenvalue weighted by atomic mass is 15.3. The van der Waals surface area contributed by atoms with E-state index in [2.05, 4.69) is 55.8 Å². The zero-order chi connectivity index (χ0) is 12.0. The Hall–Kier alpha value is -0.900. The lowest BCUT2D eigenvalue weighted by Crippen LogP contribution is -2.34. The van der Waals surface area contributed by atoms with E-state index in [-0.39, 0.29) is 5.41 Å². The van der Waals surface area contributed by atoms with Crippen molar-refractivity contribution in [1.29, 1.82) is 0 Å². The minimum atomic E-state index is 0.236. The maximum absolute atomic E-state index is 5.16. The van der Waals surface area contributed by atoms with Crippen molar-refractivity contribution >= 4 is 0 Å². The fraction of sp³-hybridized carbons (Fsp3) is 0.538. The van der Waals surface area contributed by atoms with E-state index in [1.54, 1.807) is 0 Å². The molecule has 1 aromatic carbocycles. The van der Waals surface area contributed by atoms with Gasteiger partial charge in [0, 0.05) is 6.54 Å². The van der Waals surface area contributed by atoms with Gasteiger partial charge in [0.25, 0.3) is 0 Å². The molecule has 0 spiro atoms. The Kier molecular flexibility index (Phi) is 4.93. The van der Waals surface area contributed by atoms with Crippen LogP contribution in [0.1, 0.15) is 31.9 Å². The fourth-order valence-corrected chi connectivity index (χ4v) is 1.56. The van der Waals surface area contributed by atoms with Gasteiger partial charge in [-0.25, -0.2) is 5.43 Å². The molecular weight excluding hydrogens is 198 g/mol. The second-order valence-electron chi connectivity index (χ2n) is 5.08. The van der Waals surface area contributed by atoms with Crippen molar-refractivity contribution in [3.8, 4) is 0 Å². The van der Waals surface area contributed by atoms with Crippen molar-refractivity contribution in [2.75, 3.05) is 13.2 Å². The molecule has 0 aliphatic rings. The first-order valence-electron chi connectivity index (χ1n) is 5.77. The van der Waals surface area contributed by atoms with E-state index in [1.807, 2.05) is 0 Å². The summed E-state index contributed by atoms with van der Waals surface area (Å²) in [4.78, 5) is 0. The first-order valence-corrected chi connectivity index (χ1v) is 5.77. The molecule has 4 N–H and O–H groups in total. The molecule has 0 bridgehead atoms. The fourth-order valence-electron chi connectivity index (χ4n) is 1.56. The van der Waals surface area contributed by atoms with Crippen molar-refractivity contribution in [3.63, 3.8) is 0 Å². The molecule has 3 nitrogen and oxygen atoms in total. The summed E-state index contributed by atoms with van der Waals surface area (Å²) < 4.78 is 0. The Labute approximate surface area is 98.4 Å². The lowest BCUT2D eigenvalue weighted by Gasteiger charge is -2.19. The minimum Gasteiger partial charge on any atom is -0.303 e. The smallest absolute Gasteiger partial charge is 0.0587 e. The number of hydrazine groups is 1. The summed E-state index contributed by atoms with van der Waals surface area (Å²) in [5.74, 6) is 5.16. The van der Waals surface area contributed by atoms with Crippen molar-refractivity contribution in [3.05, 3.63) is 35.4 Å². The standard InChI is InChI=1S/C13H23N3/c1-13(2,3)12-6-4-11(5-7-12)8-9-15-10-16-14/h4-7,15-16H,8-10,14H2,1-3H3. The van der Waals surface area contributed by atoms with E-state index in [0.717, 1.165) is 13.0 Å². The van der Waals surface area contributed by atoms with Gasteiger partial charge < -0.3 is 5.32 Å². The number of nitrogens with two attached hydrogens (primary N) is 1. The number of benzene rings is 1. The van der Waals surface area contributed by atoms with Gasteiger partial charge in [0.05, 0.1) is 6.67 Å². The third-order valence-electron chi connectivity index (χ3n) is 2.64. The van der Waals surface area contributed by atoms with E-state index in [4.69, 9.17) is 5.84 Å². The second kappa shape index (κ2) is 5.99. The molecule has 16 heavy (non-hydrogen) atoms. The topological polar surface area (TPSA) is 50.1 Å². The summed E-state index contributed by atoms with van der Waals surface area (Å²) in [6.45, 7) is 8.29. The molecule has 0 saturated heterocycles. The van der Waals surface area contributed by atoms with Crippen LogP contribution in [0.15, 0.2) is 24.3 Å². The minimum absolute atomic E-state index is 0.236. The number of nitrogens with one attached hydrogen (secondary N) is 2. The highest BCUT2D eigenvalue weighted by Crippen LogP contribution is 2.22.